The number of halogens is 2. The van der Waals surface area contributed by atoms with Gasteiger partial charge in [0.1, 0.15) is 0 Å². The Balaban J connectivity index is 1.60. The summed E-state index contributed by atoms with van der Waals surface area (Å²) < 4.78 is 26.2. The number of hydrogen-bond acceptors (Lipinski definition) is 3. The Morgan fingerprint density at radius 2 is 2.05 bits per heavy atom. The Bertz CT molecular complexity index is 563. The highest BCUT2D eigenvalue weighted by molar-refractivity contribution is 5.81. The van der Waals surface area contributed by atoms with Crippen LogP contribution in [0.4, 0.5) is 8.78 Å². The summed E-state index contributed by atoms with van der Waals surface area (Å²) in [6.07, 6.45) is 1.89. The molecule has 1 aliphatic carbocycles. The van der Waals surface area contributed by atoms with Crippen molar-refractivity contribution in [3.63, 3.8) is 0 Å². The normalized spacial score (nSPS) is 25.4. The van der Waals surface area contributed by atoms with Crippen LogP contribution in [0, 0.1) is 23.5 Å². The quantitative estimate of drug-likeness (QED) is 0.861. The van der Waals surface area contributed by atoms with Gasteiger partial charge in [-0.1, -0.05) is 6.07 Å². The molecule has 4 nitrogen and oxygen atoms in total. The highest BCUT2D eigenvalue weighted by Gasteiger charge is 2.37. The molecule has 6 heteroatoms. The van der Waals surface area contributed by atoms with Gasteiger partial charge in [0, 0.05) is 44.1 Å². The molecule has 2 fully saturated rings. The molecule has 0 spiro atoms. The summed E-state index contributed by atoms with van der Waals surface area (Å²) >= 11 is 0. The summed E-state index contributed by atoms with van der Waals surface area (Å²) in [7, 11) is 0. The van der Waals surface area contributed by atoms with Gasteiger partial charge in [-0.05, 0) is 30.5 Å². The Morgan fingerprint density at radius 1 is 1.27 bits per heavy atom. The molecule has 0 bridgehead atoms. The zero-order valence-electron chi connectivity index (χ0n) is 12.3. The van der Waals surface area contributed by atoms with E-state index in [2.05, 4.69) is 5.32 Å². The molecule has 120 valence electrons. The van der Waals surface area contributed by atoms with Crippen LogP contribution in [-0.2, 0) is 11.3 Å². The van der Waals surface area contributed by atoms with Crippen molar-refractivity contribution < 1.29 is 18.7 Å². The van der Waals surface area contributed by atoms with Gasteiger partial charge in [0.2, 0.25) is 5.91 Å². The second-order valence-corrected chi connectivity index (χ2v) is 6.27. The van der Waals surface area contributed by atoms with E-state index >= 15 is 0 Å². The van der Waals surface area contributed by atoms with Crippen LogP contribution in [0.1, 0.15) is 18.4 Å². The SMILES string of the molecule is O=C(N[C@@H]1CN(Cc2ccc(F)c(F)c2)C[C@H]1CO)C1CC1. The molecule has 0 radical (unpaired) electrons. The third-order valence-corrected chi connectivity index (χ3v) is 4.42. The first-order chi connectivity index (χ1) is 10.6. The van der Waals surface area contributed by atoms with E-state index < -0.39 is 11.6 Å². The number of aliphatic hydroxyl groups is 1. The Kier molecular flexibility index (Phi) is 4.40. The molecule has 2 aliphatic rings. The molecule has 1 aliphatic heterocycles. The maximum absolute atomic E-state index is 13.2. The number of carbonyl (C=O) groups is 1. The fraction of sp³-hybridized carbons (Fsp3) is 0.562. The van der Waals surface area contributed by atoms with Crippen LogP contribution in [-0.4, -0.2) is 41.7 Å². The van der Waals surface area contributed by atoms with Gasteiger partial charge in [-0.15, -0.1) is 0 Å². The number of amides is 1. The number of likely N-dealkylation sites (tertiary alicyclic amines) is 1. The zero-order valence-corrected chi connectivity index (χ0v) is 12.3. The van der Waals surface area contributed by atoms with E-state index in [0.717, 1.165) is 18.9 Å². The number of rotatable bonds is 5. The van der Waals surface area contributed by atoms with Crippen LogP contribution in [0.3, 0.4) is 0 Å². The summed E-state index contributed by atoms with van der Waals surface area (Å²) in [5.41, 5.74) is 0.685. The summed E-state index contributed by atoms with van der Waals surface area (Å²) in [6.45, 7) is 1.72. The van der Waals surface area contributed by atoms with Crippen molar-refractivity contribution in [3.8, 4) is 0 Å². The number of carbonyl (C=O) groups excluding carboxylic acids is 1. The molecule has 22 heavy (non-hydrogen) atoms. The average Bonchev–Trinajstić information content (AvgIpc) is 3.27. The molecule has 1 saturated heterocycles. The molecule has 0 aromatic heterocycles. The summed E-state index contributed by atoms with van der Waals surface area (Å²) in [4.78, 5) is 13.9. The number of hydrogen-bond donors (Lipinski definition) is 2. The lowest BCUT2D eigenvalue weighted by Crippen LogP contribution is -2.42. The minimum atomic E-state index is -0.854. The fourth-order valence-electron chi connectivity index (χ4n) is 2.98. The van der Waals surface area contributed by atoms with Crippen LogP contribution < -0.4 is 5.32 Å². The van der Waals surface area contributed by atoms with Crippen molar-refractivity contribution >= 4 is 5.91 Å². The van der Waals surface area contributed by atoms with Gasteiger partial charge >= 0.3 is 0 Å². The maximum atomic E-state index is 13.2. The average molecular weight is 310 g/mol. The first kappa shape index (κ1) is 15.4. The molecular formula is C16H20F2N2O2. The van der Waals surface area contributed by atoms with E-state index in [1.165, 1.54) is 6.07 Å². The van der Waals surface area contributed by atoms with E-state index in [4.69, 9.17) is 0 Å². The lowest BCUT2D eigenvalue weighted by atomic mass is 10.1. The summed E-state index contributed by atoms with van der Waals surface area (Å²) in [5, 5.41) is 12.5. The molecule has 2 N–H and O–H groups in total. The molecule has 2 atom stereocenters. The van der Waals surface area contributed by atoms with Crippen molar-refractivity contribution in [3.05, 3.63) is 35.4 Å². The summed E-state index contributed by atoms with van der Waals surface area (Å²) in [6, 6.07) is 3.79. The lowest BCUT2D eigenvalue weighted by Gasteiger charge is -2.18. The maximum Gasteiger partial charge on any atom is 0.223 e. The first-order valence-electron chi connectivity index (χ1n) is 7.64. The van der Waals surface area contributed by atoms with Gasteiger partial charge in [0.15, 0.2) is 11.6 Å². The number of benzene rings is 1. The van der Waals surface area contributed by atoms with Crippen LogP contribution in [0.25, 0.3) is 0 Å². The van der Waals surface area contributed by atoms with Crippen molar-refractivity contribution in [1.82, 2.24) is 10.2 Å². The predicted octanol–water partition coefficient (Wildman–Crippen LogP) is 1.28. The second-order valence-electron chi connectivity index (χ2n) is 6.27. The Morgan fingerprint density at radius 3 is 2.68 bits per heavy atom. The second kappa shape index (κ2) is 6.30. The van der Waals surface area contributed by atoms with E-state index in [1.54, 1.807) is 6.07 Å². The first-order valence-corrected chi connectivity index (χ1v) is 7.64. The van der Waals surface area contributed by atoms with Gasteiger partial charge in [-0.3, -0.25) is 9.69 Å². The standard InChI is InChI=1S/C16H20F2N2O2/c17-13-4-1-10(5-14(13)18)6-20-7-12(9-21)15(8-20)19-16(22)11-2-3-11/h1,4-5,11-12,15,21H,2-3,6-9H2,(H,19,22)/t12-,15+/m0/s1. The molecular weight excluding hydrogens is 290 g/mol. The third-order valence-electron chi connectivity index (χ3n) is 4.42. The molecule has 1 heterocycles. The number of nitrogens with zero attached hydrogens (tertiary/aromatic N) is 1. The Labute approximate surface area is 128 Å². The zero-order chi connectivity index (χ0) is 15.7. The van der Waals surface area contributed by atoms with Crippen molar-refractivity contribution in [2.24, 2.45) is 11.8 Å². The van der Waals surface area contributed by atoms with E-state index in [0.29, 0.717) is 25.2 Å². The van der Waals surface area contributed by atoms with Gasteiger partial charge in [-0.25, -0.2) is 8.78 Å². The van der Waals surface area contributed by atoms with Crippen LogP contribution in [0.5, 0.6) is 0 Å². The molecule has 1 amide bonds. The molecule has 1 saturated carbocycles. The lowest BCUT2D eigenvalue weighted by molar-refractivity contribution is -0.123. The molecule has 1 aromatic rings. The van der Waals surface area contributed by atoms with E-state index in [9.17, 15) is 18.7 Å². The number of nitrogens with one attached hydrogen (secondary N) is 1. The van der Waals surface area contributed by atoms with Crippen molar-refractivity contribution in [2.75, 3.05) is 19.7 Å². The third kappa shape index (κ3) is 3.44. The van der Waals surface area contributed by atoms with Gasteiger partial charge in [0.25, 0.3) is 0 Å². The van der Waals surface area contributed by atoms with Crippen LogP contribution in [0.15, 0.2) is 18.2 Å². The van der Waals surface area contributed by atoms with E-state index in [-0.39, 0.29) is 30.4 Å². The van der Waals surface area contributed by atoms with Crippen molar-refractivity contribution in [1.29, 1.82) is 0 Å². The largest absolute Gasteiger partial charge is 0.396 e. The molecule has 0 unspecified atom stereocenters. The topological polar surface area (TPSA) is 52.6 Å². The van der Waals surface area contributed by atoms with Gasteiger partial charge in [-0.2, -0.15) is 0 Å². The number of aliphatic hydroxyl groups excluding tert-OH is 1. The van der Waals surface area contributed by atoms with Crippen LogP contribution in [0.2, 0.25) is 0 Å². The Hall–Kier alpha value is -1.53. The summed E-state index contributed by atoms with van der Waals surface area (Å²) in [5.74, 6) is -1.52. The van der Waals surface area contributed by atoms with Gasteiger partial charge in [0.05, 0.1) is 0 Å². The smallest absolute Gasteiger partial charge is 0.223 e. The van der Waals surface area contributed by atoms with Crippen LogP contribution >= 0.6 is 0 Å². The minimum Gasteiger partial charge on any atom is -0.396 e. The van der Waals surface area contributed by atoms with Crippen molar-refractivity contribution in [2.45, 2.75) is 25.4 Å². The highest BCUT2D eigenvalue weighted by Crippen LogP contribution is 2.30. The molecule has 3 rings (SSSR count). The van der Waals surface area contributed by atoms with E-state index in [1.807, 2.05) is 4.90 Å². The van der Waals surface area contributed by atoms with Gasteiger partial charge < -0.3 is 10.4 Å². The highest BCUT2D eigenvalue weighted by atomic mass is 19.2. The molecule has 1 aromatic carbocycles. The predicted molar refractivity (Wildman–Crippen MR) is 76.9 cm³/mol. The monoisotopic (exact) mass is 310 g/mol. The minimum absolute atomic E-state index is 0.00386. The fourth-order valence-corrected chi connectivity index (χ4v) is 2.98.